The van der Waals surface area contributed by atoms with Crippen LogP contribution in [0.2, 0.25) is 0 Å². The van der Waals surface area contributed by atoms with E-state index in [1.54, 1.807) is 18.2 Å². The Morgan fingerprint density at radius 1 is 0.750 bits per heavy atom. The predicted molar refractivity (Wildman–Crippen MR) is 108 cm³/mol. The third kappa shape index (κ3) is 8.18. The Labute approximate surface area is 162 Å². The molecule has 0 aliphatic rings. The van der Waals surface area contributed by atoms with E-state index in [2.05, 4.69) is 20.8 Å². The Morgan fingerprint density at radius 2 is 1.29 bits per heavy atom. The van der Waals surface area contributed by atoms with Gasteiger partial charge in [-0.25, -0.2) is 0 Å². The summed E-state index contributed by atoms with van der Waals surface area (Å²) in [5.74, 6) is 0. The van der Waals surface area contributed by atoms with Crippen molar-refractivity contribution < 1.29 is 4.52 Å². The number of nitrogens with one attached hydrogen (secondary N) is 2. The maximum atomic E-state index is 9.10. The van der Waals surface area contributed by atoms with Crippen molar-refractivity contribution in [3.8, 4) is 6.19 Å². The summed E-state index contributed by atoms with van der Waals surface area (Å²) < 4.78 is 5.46. The van der Waals surface area contributed by atoms with Crippen LogP contribution in [0.15, 0.2) is 114 Å². The Morgan fingerprint density at radius 3 is 1.93 bits per heavy atom. The number of aromatic amines is 2. The molecule has 0 unspecified atom stereocenters. The molecule has 140 valence electrons. The summed E-state index contributed by atoms with van der Waals surface area (Å²) in [4.78, 5) is 0.874. The fraction of sp³-hybridized carbons (Fsp3) is 0. The van der Waals surface area contributed by atoms with Crippen LogP contribution in [-0.4, -0.2) is 25.6 Å². The van der Waals surface area contributed by atoms with Gasteiger partial charge in [-0.05, 0) is 12.1 Å². The number of nitriles is 1. The molecule has 2 N–H and O–H groups in total. The number of benzene rings is 1. The predicted octanol–water partition coefficient (Wildman–Crippen LogP) is 4.63. The molecule has 1 heterocycles. The van der Waals surface area contributed by atoms with E-state index < -0.39 is 0 Å². The lowest BCUT2D eigenvalue weighted by atomic mass is 10.2. The molecule has 1 aromatic heterocycles. The molecule has 0 aliphatic heterocycles. The Kier molecular flexibility index (Phi) is 9.27. The number of H-pyrrole nitrogens is 2. The van der Waals surface area contributed by atoms with E-state index in [1.807, 2.05) is 91.1 Å². The van der Waals surface area contributed by atoms with Crippen molar-refractivity contribution in [2.45, 2.75) is 0 Å². The lowest BCUT2D eigenvalue weighted by Gasteiger charge is -1.91. The smallest absolute Gasteiger partial charge is 0.225 e. The minimum absolute atomic E-state index is 0.545. The Hall–Kier alpha value is -4.31. The van der Waals surface area contributed by atoms with E-state index in [4.69, 9.17) is 9.78 Å². The molecular weight excluding hydrogens is 352 g/mol. The Bertz CT molecular complexity index is 1070. The van der Waals surface area contributed by atoms with Crippen molar-refractivity contribution in [2.75, 3.05) is 0 Å². The molecule has 0 spiro atoms. The first-order valence-electron chi connectivity index (χ1n) is 8.43. The number of hydrogen-bond acceptors (Lipinski definition) is 4. The molecule has 0 bridgehead atoms. The summed E-state index contributed by atoms with van der Waals surface area (Å²) >= 11 is 0. The zero-order valence-electron chi connectivity index (χ0n) is 15.1. The summed E-state index contributed by atoms with van der Waals surface area (Å²) in [7, 11) is 0. The average molecular weight is 372 g/mol. The maximum Gasteiger partial charge on any atom is 0.225 e. The van der Waals surface area contributed by atoms with Gasteiger partial charge in [0.25, 0.3) is 0 Å². The molecule has 7 heteroatoms. The molecule has 0 saturated carbocycles. The second-order valence-corrected chi connectivity index (χ2v) is 5.11. The van der Waals surface area contributed by atoms with Crippen LogP contribution in [0.3, 0.4) is 0 Å². The van der Waals surface area contributed by atoms with Crippen LogP contribution in [0.5, 0.6) is 0 Å². The normalized spacial score (nSPS) is 8.68. The van der Waals surface area contributed by atoms with Crippen LogP contribution in [0.25, 0.3) is 11.0 Å². The number of para-hydroxylation sites is 1. The lowest BCUT2D eigenvalue weighted by Crippen LogP contribution is -2.00. The van der Waals surface area contributed by atoms with Crippen LogP contribution in [0.1, 0.15) is 0 Å². The molecule has 0 radical (unpaired) electrons. The molecule has 1 aromatic carbocycles. The lowest BCUT2D eigenvalue weighted by molar-refractivity contribution is 0.351. The van der Waals surface area contributed by atoms with Crippen LogP contribution in [-0.2, 0) is 0 Å². The fourth-order valence-electron chi connectivity index (χ4n) is 1.86. The van der Waals surface area contributed by atoms with Gasteiger partial charge in [0, 0.05) is 5.39 Å². The van der Waals surface area contributed by atoms with E-state index in [9.17, 15) is 0 Å². The number of rotatable bonds is 0. The number of aromatic nitrogens is 5. The van der Waals surface area contributed by atoms with Crippen LogP contribution >= 0.6 is 0 Å². The first kappa shape index (κ1) is 20.0. The topological polar surface area (TPSA) is 99.2 Å². The second-order valence-electron chi connectivity index (χ2n) is 5.11. The number of fused-ring (bicyclic) bond motifs is 1. The molecule has 2 aromatic rings. The summed E-state index contributed by atoms with van der Waals surface area (Å²) in [5.41, 5.74) is 0.545. The van der Waals surface area contributed by atoms with E-state index in [0.29, 0.717) is 5.58 Å². The monoisotopic (exact) mass is 372 g/mol. The largest absolute Gasteiger partial charge is 0.364 e. The molecule has 0 fully saturated rings. The highest BCUT2D eigenvalue weighted by Gasteiger charge is 1.87. The standard InChI is InChI=1S/C21H20N6O/c22-19-27-25-24-23-18-14-10-8-6-4-2-1-3-5-7-9-11-15-20-16-12-13-17-21(20)28-26-27/h1-18,26H,(H,23,25). The van der Waals surface area contributed by atoms with Crippen LogP contribution in [0, 0.1) is 11.5 Å². The molecule has 2 rings (SSSR count). The first-order valence-corrected chi connectivity index (χ1v) is 8.43. The quantitative estimate of drug-likeness (QED) is 0.704. The SMILES string of the molecule is N#Cn1[nH]nnccccccccccccccc2ccccc2o[nH]1. The van der Waals surface area contributed by atoms with Gasteiger partial charge in [0.05, 0.1) is 6.20 Å². The minimum Gasteiger partial charge on any atom is -0.364 e. The van der Waals surface area contributed by atoms with Crippen LogP contribution < -0.4 is 0 Å². The van der Waals surface area contributed by atoms with Gasteiger partial charge in [-0.2, -0.15) is 10.5 Å². The van der Waals surface area contributed by atoms with Crippen molar-refractivity contribution >= 4 is 11.0 Å². The average Bonchev–Trinajstić information content (AvgIpc) is 2.72. The van der Waals surface area contributed by atoms with E-state index in [1.165, 1.54) is 6.20 Å². The molecule has 0 amide bonds. The minimum atomic E-state index is 0.545. The van der Waals surface area contributed by atoms with Gasteiger partial charge in [-0.1, -0.05) is 101 Å². The molecular formula is C21H20N6O. The zero-order chi connectivity index (χ0) is 19.7. The summed E-state index contributed by atoms with van der Waals surface area (Å²) in [6, 6.07) is 32.0. The van der Waals surface area contributed by atoms with E-state index in [-0.39, 0.29) is 0 Å². The summed E-state index contributed by atoms with van der Waals surface area (Å²) in [5, 5.41) is 22.2. The van der Waals surface area contributed by atoms with E-state index in [0.717, 1.165) is 10.2 Å². The van der Waals surface area contributed by atoms with Crippen molar-refractivity contribution in [3.63, 3.8) is 0 Å². The van der Waals surface area contributed by atoms with Gasteiger partial charge in [0.15, 0.2) is 5.58 Å². The zero-order valence-corrected chi connectivity index (χ0v) is 15.1. The van der Waals surface area contributed by atoms with Gasteiger partial charge >= 0.3 is 0 Å². The highest BCUT2D eigenvalue weighted by Crippen LogP contribution is 2.08. The maximum absolute atomic E-state index is 9.10. The Balaban J connectivity index is 2.58. The molecule has 0 saturated heterocycles. The third-order valence-electron chi connectivity index (χ3n) is 3.12. The van der Waals surface area contributed by atoms with Gasteiger partial charge in [0.1, 0.15) is 0 Å². The molecule has 0 atom stereocenters. The number of nitrogens with zero attached hydrogens (tertiary/aromatic N) is 4. The number of hydrogen-bond donors (Lipinski definition) is 2. The van der Waals surface area contributed by atoms with Gasteiger partial charge in [-0.3, -0.25) is 0 Å². The third-order valence-corrected chi connectivity index (χ3v) is 3.12. The van der Waals surface area contributed by atoms with Crippen molar-refractivity contribution in [1.29, 1.82) is 5.26 Å². The van der Waals surface area contributed by atoms with Gasteiger partial charge in [0.2, 0.25) is 6.19 Å². The van der Waals surface area contributed by atoms with Crippen molar-refractivity contribution in [3.05, 3.63) is 109 Å². The van der Waals surface area contributed by atoms with E-state index >= 15 is 0 Å². The second kappa shape index (κ2) is 13.0. The van der Waals surface area contributed by atoms with Gasteiger partial charge < -0.3 is 4.52 Å². The fourth-order valence-corrected chi connectivity index (χ4v) is 1.86. The van der Waals surface area contributed by atoms with Crippen LogP contribution in [0.4, 0.5) is 0 Å². The van der Waals surface area contributed by atoms with Crippen molar-refractivity contribution in [1.82, 2.24) is 25.6 Å². The van der Waals surface area contributed by atoms with Gasteiger partial charge in [-0.15, -0.1) is 10.4 Å². The summed E-state index contributed by atoms with van der Waals surface area (Å²) in [6.07, 6.45) is 3.30. The summed E-state index contributed by atoms with van der Waals surface area (Å²) in [6.45, 7) is 0. The highest BCUT2D eigenvalue weighted by molar-refractivity contribution is 5.75. The first-order chi connectivity index (χ1) is 13.9. The molecule has 28 heavy (non-hydrogen) atoms. The molecule has 0 aliphatic carbocycles. The molecule has 7 nitrogen and oxygen atoms in total. The van der Waals surface area contributed by atoms with Crippen molar-refractivity contribution in [2.24, 2.45) is 0 Å². The highest BCUT2D eigenvalue weighted by atomic mass is 16.5.